The van der Waals surface area contributed by atoms with Crippen LogP contribution in [0.25, 0.3) is 0 Å². The van der Waals surface area contributed by atoms with E-state index in [9.17, 15) is 13.9 Å². The molecule has 1 N–H and O–H groups in total. The van der Waals surface area contributed by atoms with Crippen LogP contribution < -0.4 is 4.74 Å². The van der Waals surface area contributed by atoms with Crippen molar-refractivity contribution in [1.82, 2.24) is 0 Å². The van der Waals surface area contributed by atoms with E-state index >= 15 is 0 Å². The van der Waals surface area contributed by atoms with Gasteiger partial charge in [0.2, 0.25) is 0 Å². The average Bonchev–Trinajstić information content (AvgIpc) is 2.59. The number of halogens is 2. The Morgan fingerprint density at radius 1 is 1.26 bits per heavy atom. The molecule has 0 fully saturated rings. The van der Waals surface area contributed by atoms with Crippen molar-refractivity contribution < 1.29 is 18.6 Å². The number of hydrogen-bond acceptors (Lipinski definition) is 2. The Morgan fingerprint density at radius 3 is 2.70 bits per heavy atom. The molecule has 0 radical (unpaired) electrons. The van der Waals surface area contributed by atoms with Gasteiger partial charge in [0.25, 0.3) is 0 Å². The number of phenolic OH excluding ortho intramolecular Hbond substituents is 1. The van der Waals surface area contributed by atoms with Crippen LogP contribution in [-0.2, 0) is 0 Å². The highest BCUT2D eigenvalue weighted by molar-refractivity contribution is 5.54. The van der Waals surface area contributed by atoms with E-state index < -0.39 is 17.9 Å². The highest BCUT2D eigenvalue weighted by atomic mass is 19.3. The number of benzene rings is 1. The summed E-state index contributed by atoms with van der Waals surface area (Å²) in [6, 6.07) is 3.50. The normalized spacial score (nSPS) is 25.6. The summed E-state index contributed by atoms with van der Waals surface area (Å²) < 4.78 is 34.4. The van der Waals surface area contributed by atoms with Gasteiger partial charge in [0.05, 0.1) is 5.92 Å². The van der Waals surface area contributed by atoms with Crippen LogP contribution in [0.2, 0.25) is 0 Å². The standard InChI is InChI=1S/C23H32F2O2/c1-5-6-7-8-15(3)16(4)17-12-20(26)22-18-11-14(2)9-10-19(18)23(24,25)27-21(22)13-17/h11-13,15-16,18-19,26H,5-10H2,1-4H3. The maximum absolute atomic E-state index is 14.6. The van der Waals surface area contributed by atoms with E-state index in [2.05, 4.69) is 20.8 Å². The van der Waals surface area contributed by atoms with Gasteiger partial charge in [0.1, 0.15) is 11.5 Å². The van der Waals surface area contributed by atoms with E-state index in [1.54, 1.807) is 12.1 Å². The topological polar surface area (TPSA) is 29.5 Å². The Morgan fingerprint density at radius 2 is 2.00 bits per heavy atom. The van der Waals surface area contributed by atoms with Gasteiger partial charge in [-0.1, -0.05) is 58.1 Å². The molecular formula is C23H32F2O2. The van der Waals surface area contributed by atoms with Crippen LogP contribution in [0.4, 0.5) is 8.78 Å². The fraction of sp³-hybridized carbons (Fsp3) is 0.652. The minimum atomic E-state index is -3.20. The van der Waals surface area contributed by atoms with Crippen molar-refractivity contribution in [2.45, 2.75) is 84.2 Å². The first kappa shape index (κ1) is 20.2. The van der Waals surface area contributed by atoms with Crippen LogP contribution >= 0.6 is 0 Å². The molecule has 0 saturated heterocycles. The summed E-state index contributed by atoms with van der Waals surface area (Å²) in [5.74, 6) is -0.555. The Bertz CT molecular complexity index is 711. The zero-order chi connectivity index (χ0) is 19.8. The minimum Gasteiger partial charge on any atom is -0.507 e. The van der Waals surface area contributed by atoms with Crippen molar-refractivity contribution in [3.63, 3.8) is 0 Å². The van der Waals surface area contributed by atoms with Gasteiger partial charge in [0.15, 0.2) is 0 Å². The van der Waals surface area contributed by atoms with Gasteiger partial charge in [-0.3, -0.25) is 0 Å². The average molecular weight is 379 g/mol. The first-order chi connectivity index (χ1) is 12.7. The van der Waals surface area contributed by atoms with Gasteiger partial charge in [-0.15, -0.1) is 0 Å². The molecule has 2 aliphatic rings. The van der Waals surface area contributed by atoms with Crippen LogP contribution in [0, 0.1) is 11.8 Å². The van der Waals surface area contributed by atoms with Crippen molar-refractivity contribution in [3.8, 4) is 11.5 Å². The first-order valence-electron chi connectivity index (χ1n) is 10.4. The molecule has 0 bridgehead atoms. The van der Waals surface area contributed by atoms with Crippen molar-refractivity contribution >= 4 is 0 Å². The number of unbranched alkanes of at least 4 members (excludes halogenated alkanes) is 2. The Labute approximate surface area is 161 Å². The van der Waals surface area contributed by atoms with E-state index in [0.29, 0.717) is 24.3 Å². The van der Waals surface area contributed by atoms with Crippen LogP contribution in [0.1, 0.15) is 89.2 Å². The zero-order valence-electron chi connectivity index (χ0n) is 16.9. The third kappa shape index (κ3) is 4.00. The molecule has 4 unspecified atom stereocenters. The predicted molar refractivity (Wildman–Crippen MR) is 105 cm³/mol. The highest BCUT2D eigenvalue weighted by Crippen LogP contribution is 2.55. The van der Waals surface area contributed by atoms with Gasteiger partial charge >= 0.3 is 6.11 Å². The van der Waals surface area contributed by atoms with E-state index in [4.69, 9.17) is 4.74 Å². The molecule has 3 rings (SSSR count). The van der Waals surface area contributed by atoms with Crippen LogP contribution in [0.15, 0.2) is 23.8 Å². The Kier molecular flexibility index (Phi) is 5.83. The predicted octanol–water partition coefficient (Wildman–Crippen LogP) is 7.14. The molecule has 27 heavy (non-hydrogen) atoms. The maximum Gasteiger partial charge on any atom is 0.401 e. The summed E-state index contributed by atoms with van der Waals surface area (Å²) in [7, 11) is 0. The molecule has 0 amide bonds. The molecule has 0 saturated carbocycles. The molecule has 1 aliphatic heterocycles. The minimum absolute atomic E-state index is 0.0894. The smallest absolute Gasteiger partial charge is 0.401 e. The molecule has 0 spiro atoms. The number of phenols is 1. The van der Waals surface area contributed by atoms with Crippen LogP contribution in [0.3, 0.4) is 0 Å². The lowest BCUT2D eigenvalue weighted by atomic mass is 9.74. The second kappa shape index (κ2) is 7.81. The van der Waals surface area contributed by atoms with Crippen molar-refractivity contribution in [1.29, 1.82) is 0 Å². The number of allylic oxidation sites excluding steroid dienone is 2. The van der Waals surface area contributed by atoms with Crippen LogP contribution in [0.5, 0.6) is 11.5 Å². The van der Waals surface area contributed by atoms with Gasteiger partial charge in [-0.05, 0) is 49.3 Å². The van der Waals surface area contributed by atoms with E-state index in [1.165, 1.54) is 19.3 Å². The summed E-state index contributed by atoms with van der Waals surface area (Å²) in [6.07, 6.45) is 4.37. The van der Waals surface area contributed by atoms with Crippen molar-refractivity contribution in [3.05, 3.63) is 34.9 Å². The molecule has 1 aromatic carbocycles. The molecule has 4 heteroatoms. The summed E-state index contributed by atoms with van der Waals surface area (Å²) in [5, 5.41) is 10.7. The number of fused-ring (bicyclic) bond motifs is 3. The van der Waals surface area contributed by atoms with Gasteiger partial charge in [0, 0.05) is 11.5 Å². The second-order valence-electron chi connectivity index (χ2n) is 8.56. The van der Waals surface area contributed by atoms with Crippen molar-refractivity contribution in [2.24, 2.45) is 11.8 Å². The number of aromatic hydroxyl groups is 1. The monoisotopic (exact) mass is 378 g/mol. The van der Waals surface area contributed by atoms with Gasteiger partial charge in [-0.25, -0.2) is 0 Å². The van der Waals surface area contributed by atoms with E-state index in [0.717, 1.165) is 17.6 Å². The lowest BCUT2D eigenvalue weighted by Gasteiger charge is -2.40. The van der Waals surface area contributed by atoms with Crippen molar-refractivity contribution in [2.75, 3.05) is 0 Å². The third-order valence-corrected chi connectivity index (χ3v) is 6.54. The van der Waals surface area contributed by atoms with E-state index in [1.807, 2.05) is 13.0 Å². The first-order valence-corrected chi connectivity index (χ1v) is 10.4. The largest absolute Gasteiger partial charge is 0.507 e. The zero-order valence-corrected chi connectivity index (χ0v) is 16.9. The lowest BCUT2D eigenvalue weighted by Crippen LogP contribution is -2.43. The number of rotatable bonds is 6. The molecule has 150 valence electrons. The summed E-state index contributed by atoms with van der Waals surface area (Å²) >= 11 is 0. The Balaban J connectivity index is 1.93. The molecule has 1 aromatic rings. The summed E-state index contributed by atoms with van der Waals surface area (Å²) in [6.45, 7) is 8.44. The number of ether oxygens (including phenoxy) is 1. The SMILES string of the molecule is CCCCCC(C)C(C)c1cc(O)c2c(c1)OC(F)(F)C1CCC(C)=CC21. The molecule has 0 aromatic heterocycles. The Hall–Kier alpha value is -1.58. The second-order valence-corrected chi connectivity index (χ2v) is 8.56. The lowest BCUT2D eigenvalue weighted by molar-refractivity contribution is -0.229. The van der Waals surface area contributed by atoms with Gasteiger partial charge in [-0.2, -0.15) is 8.78 Å². The number of hydrogen-bond donors (Lipinski definition) is 1. The molecular weight excluding hydrogens is 346 g/mol. The highest BCUT2D eigenvalue weighted by Gasteiger charge is 2.52. The van der Waals surface area contributed by atoms with Gasteiger partial charge < -0.3 is 9.84 Å². The fourth-order valence-electron chi connectivity index (χ4n) is 4.56. The summed E-state index contributed by atoms with van der Waals surface area (Å²) in [5.41, 5.74) is 2.50. The molecule has 1 heterocycles. The van der Waals surface area contributed by atoms with E-state index in [-0.39, 0.29) is 17.4 Å². The summed E-state index contributed by atoms with van der Waals surface area (Å²) in [4.78, 5) is 0. The molecule has 1 aliphatic carbocycles. The maximum atomic E-state index is 14.6. The molecule has 4 atom stereocenters. The molecule has 2 nitrogen and oxygen atoms in total. The van der Waals surface area contributed by atoms with Crippen LogP contribution in [-0.4, -0.2) is 11.2 Å². The fourth-order valence-corrected chi connectivity index (χ4v) is 4.56. The quantitative estimate of drug-likeness (QED) is 0.421. The third-order valence-electron chi connectivity index (χ3n) is 6.54. The number of alkyl halides is 2.